The Morgan fingerprint density at radius 1 is 1.30 bits per heavy atom. The fourth-order valence-electron chi connectivity index (χ4n) is 1.75. The highest BCUT2D eigenvalue weighted by Crippen LogP contribution is 2.21. The zero-order chi connectivity index (χ0) is 14.9. The molecule has 0 aliphatic rings. The lowest BCUT2D eigenvalue weighted by Gasteiger charge is -2.16. The van der Waals surface area contributed by atoms with E-state index in [9.17, 15) is 17.2 Å². The molecular weight excluding hydrogens is 288 g/mol. The number of nitrogens with two attached hydrogens (primary N) is 1. The maximum atomic E-state index is 12.3. The Morgan fingerprint density at radius 2 is 2.00 bits per heavy atom. The summed E-state index contributed by atoms with van der Waals surface area (Å²) in [5.41, 5.74) is 6.07. The first-order chi connectivity index (χ1) is 9.30. The number of halogens is 2. The van der Waals surface area contributed by atoms with Crippen molar-refractivity contribution in [3.05, 3.63) is 30.3 Å². The van der Waals surface area contributed by atoms with Crippen molar-refractivity contribution < 1.29 is 17.2 Å². The summed E-state index contributed by atoms with van der Waals surface area (Å²) < 4.78 is 49.5. The van der Waals surface area contributed by atoms with Crippen LogP contribution in [0.2, 0.25) is 0 Å². The Labute approximate surface area is 115 Å². The summed E-state index contributed by atoms with van der Waals surface area (Å²) in [5, 5.41) is 0.575. The molecule has 8 heteroatoms. The maximum absolute atomic E-state index is 12.3. The molecule has 0 radical (unpaired) electrons. The second-order valence-corrected chi connectivity index (χ2v) is 6.31. The molecule has 0 amide bonds. The SMILES string of the molecule is CN(CC(F)F)S(=O)(=O)c1ccc2nc(N)ccc2c1. The summed E-state index contributed by atoms with van der Waals surface area (Å²) in [6, 6.07) is 7.38. The van der Waals surface area contributed by atoms with Gasteiger partial charge in [0, 0.05) is 12.4 Å². The van der Waals surface area contributed by atoms with E-state index in [1.54, 1.807) is 12.1 Å². The predicted molar refractivity (Wildman–Crippen MR) is 72.0 cm³/mol. The predicted octanol–water partition coefficient (Wildman–Crippen LogP) is 1.70. The van der Waals surface area contributed by atoms with Crippen molar-refractivity contribution in [1.82, 2.24) is 9.29 Å². The zero-order valence-corrected chi connectivity index (χ0v) is 11.4. The number of pyridine rings is 1. The van der Waals surface area contributed by atoms with Gasteiger partial charge < -0.3 is 5.73 Å². The number of nitrogens with zero attached hydrogens (tertiary/aromatic N) is 2. The highest BCUT2D eigenvalue weighted by atomic mass is 32.2. The van der Waals surface area contributed by atoms with Crippen molar-refractivity contribution in [3.63, 3.8) is 0 Å². The van der Waals surface area contributed by atoms with Gasteiger partial charge >= 0.3 is 0 Å². The minimum atomic E-state index is -3.94. The van der Waals surface area contributed by atoms with Gasteiger partial charge in [0.15, 0.2) is 0 Å². The van der Waals surface area contributed by atoms with Gasteiger partial charge in [-0.2, -0.15) is 4.31 Å². The van der Waals surface area contributed by atoms with E-state index in [1.165, 1.54) is 18.2 Å². The van der Waals surface area contributed by atoms with Crippen molar-refractivity contribution in [3.8, 4) is 0 Å². The quantitative estimate of drug-likeness (QED) is 0.932. The summed E-state index contributed by atoms with van der Waals surface area (Å²) in [6.45, 7) is -0.847. The van der Waals surface area contributed by atoms with Crippen LogP contribution in [0.3, 0.4) is 0 Å². The molecule has 0 aliphatic carbocycles. The number of sulfonamides is 1. The molecule has 0 saturated carbocycles. The summed E-state index contributed by atoms with van der Waals surface area (Å²) in [5.74, 6) is 0.322. The van der Waals surface area contributed by atoms with Crippen LogP contribution in [0, 0.1) is 0 Å². The van der Waals surface area contributed by atoms with Crippen LogP contribution in [-0.4, -0.2) is 37.7 Å². The molecule has 1 heterocycles. The average molecular weight is 301 g/mol. The van der Waals surface area contributed by atoms with Crippen LogP contribution >= 0.6 is 0 Å². The van der Waals surface area contributed by atoms with Gasteiger partial charge in [0.05, 0.1) is 17.0 Å². The molecule has 0 spiro atoms. The molecule has 2 aromatic rings. The summed E-state index contributed by atoms with van der Waals surface area (Å²) in [7, 11) is -2.82. The molecule has 2 N–H and O–H groups in total. The molecule has 1 aromatic heterocycles. The highest BCUT2D eigenvalue weighted by molar-refractivity contribution is 7.89. The van der Waals surface area contributed by atoms with E-state index < -0.39 is 23.0 Å². The van der Waals surface area contributed by atoms with Crippen molar-refractivity contribution in [2.75, 3.05) is 19.3 Å². The highest BCUT2D eigenvalue weighted by Gasteiger charge is 2.23. The standard InChI is InChI=1S/C12H13F2N3O2S/c1-17(7-11(13)14)20(18,19)9-3-4-10-8(6-9)2-5-12(15)16-10/h2-6,11H,7H2,1H3,(H2,15,16). The van der Waals surface area contributed by atoms with Gasteiger partial charge in [-0.3, -0.25) is 0 Å². The normalized spacial score (nSPS) is 12.4. The lowest BCUT2D eigenvalue weighted by atomic mass is 10.2. The fourth-order valence-corrected chi connectivity index (χ4v) is 2.94. The second-order valence-electron chi connectivity index (χ2n) is 4.27. The summed E-state index contributed by atoms with van der Waals surface area (Å²) in [6.07, 6.45) is -2.73. The van der Waals surface area contributed by atoms with Gasteiger partial charge in [-0.15, -0.1) is 0 Å². The molecule has 2 rings (SSSR count). The van der Waals surface area contributed by atoms with Crippen molar-refractivity contribution in [2.45, 2.75) is 11.3 Å². The van der Waals surface area contributed by atoms with Crippen LogP contribution in [0.15, 0.2) is 35.2 Å². The number of alkyl halides is 2. The first-order valence-corrected chi connectivity index (χ1v) is 7.15. The maximum Gasteiger partial charge on any atom is 0.252 e. The van der Waals surface area contributed by atoms with Crippen LogP contribution in [0.5, 0.6) is 0 Å². The largest absolute Gasteiger partial charge is 0.384 e. The number of aromatic nitrogens is 1. The average Bonchev–Trinajstić information content (AvgIpc) is 2.37. The van der Waals surface area contributed by atoms with Gasteiger partial charge in [-0.25, -0.2) is 22.2 Å². The van der Waals surface area contributed by atoms with E-state index in [0.717, 1.165) is 7.05 Å². The number of nitrogen functional groups attached to an aromatic ring is 1. The molecule has 0 bridgehead atoms. The Balaban J connectivity index is 2.44. The molecular formula is C12H13F2N3O2S. The van der Waals surface area contributed by atoms with Crippen molar-refractivity contribution >= 4 is 26.7 Å². The van der Waals surface area contributed by atoms with E-state index in [4.69, 9.17) is 5.73 Å². The van der Waals surface area contributed by atoms with Crippen LogP contribution in [0.4, 0.5) is 14.6 Å². The van der Waals surface area contributed by atoms with Crippen LogP contribution in [0.1, 0.15) is 0 Å². The molecule has 1 aromatic carbocycles. The van der Waals surface area contributed by atoms with Crippen LogP contribution in [0.25, 0.3) is 10.9 Å². The lowest BCUT2D eigenvalue weighted by molar-refractivity contribution is 0.126. The van der Waals surface area contributed by atoms with E-state index in [-0.39, 0.29) is 4.90 Å². The van der Waals surface area contributed by atoms with Crippen LogP contribution < -0.4 is 5.73 Å². The van der Waals surface area contributed by atoms with Crippen molar-refractivity contribution in [1.29, 1.82) is 0 Å². The minimum Gasteiger partial charge on any atom is -0.384 e. The van der Waals surface area contributed by atoms with Gasteiger partial charge in [0.25, 0.3) is 6.43 Å². The molecule has 0 atom stereocenters. The first kappa shape index (κ1) is 14.6. The lowest BCUT2D eigenvalue weighted by Crippen LogP contribution is -2.31. The molecule has 0 aliphatic heterocycles. The third kappa shape index (κ3) is 2.86. The molecule has 5 nitrogen and oxygen atoms in total. The summed E-state index contributed by atoms with van der Waals surface area (Å²) >= 11 is 0. The monoisotopic (exact) mass is 301 g/mol. The Bertz CT molecular complexity index is 735. The Hall–Kier alpha value is -1.80. The zero-order valence-electron chi connectivity index (χ0n) is 10.6. The number of anilines is 1. The Kier molecular flexibility index (Phi) is 3.87. The minimum absolute atomic E-state index is 0.0558. The number of fused-ring (bicyclic) bond motifs is 1. The molecule has 0 unspecified atom stereocenters. The van der Waals surface area contributed by atoms with Gasteiger partial charge in [0.1, 0.15) is 5.82 Å². The van der Waals surface area contributed by atoms with Crippen molar-refractivity contribution in [2.24, 2.45) is 0 Å². The van der Waals surface area contributed by atoms with E-state index in [1.807, 2.05) is 0 Å². The summed E-state index contributed by atoms with van der Waals surface area (Å²) in [4.78, 5) is 3.99. The van der Waals surface area contributed by atoms with E-state index in [2.05, 4.69) is 4.98 Å². The van der Waals surface area contributed by atoms with E-state index >= 15 is 0 Å². The number of hydrogen-bond donors (Lipinski definition) is 1. The number of benzene rings is 1. The fraction of sp³-hybridized carbons (Fsp3) is 0.250. The van der Waals surface area contributed by atoms with Gasteiger partial charge in [-0.05, 0) is 30.3 Å². The third-order valence-electron chi connectivity index (χ3n) is 2.79. The number of rotatable bonds is 4. The van der Waals surface area contributed by atoms with Crippen LogP contribution in [-0.2, 0) is 10.0 Å². The van der Waals surface area contributed by atoms with Gasteiger partial charge in [0.2, 0.25) is 10.0 Å². The molecule has 20 heavy (non-hydrogen) atoms. The molecule has 108 valence electrons. The third-order valence-corrected chi connectivity index (χ3v) is 4.60. The molecule has 0 saturated heterocycles. The smallest absolute Gasteiger partial charge is 0.252 e. The van der Waals surface area contributed by atoms with Gasteiger partial charge in [-0.1, -0.05) is 0 Å². The Morgan fingerprint density at radius 3 is 2.65 bits per heavy atom. The second kappa shape index (κ2) is 5.29. The van der Waals surface area contributed by atoms with E-state index in [0.29, 0.717) is 21.0 Å². The topological polar surface area (TPSA) is 76.3 Å². The molecule has 0 fully saturated rings. The number of hydrogen-bond acceptors (Lipinski definition) is 4. The first-order valence-electron chi connectivity index (χ1n) is 5.71.